The van der Waals surface area contributed by atoms with E-state index in [1.54, 1.807) is 29.7 Å². The van der Waals surface area contributed by atoms with Crippen LogP contribution in [-0.4, -0.2) is 46.2 Å². The zero-order chi connectivity index (χ0) is 27.1. The van der Waals surface area contributed by atoms with E-state index in [4.69, 9.17) is 9.94 Å². The summed E-state index contributed by atoms with van der Waals surface area (Å²) in [4.78, 5) is 29.8. The fourth-order valence-corrected chi connectivity index (χ4v) is 5.40. The zero-order valence-corrected chi connectivity index (χ0v) is 22.4. The van der Waals surface area contributed by atoms with Crippen LogP contribution in [0.3, 0.4) is 0 Å². The first-order chi connectivity index (χ1) is 18.3. The first-order valence-electron chi connectivity index (χ1n) is 13.4. The molecule has 0 radical (unpaired) electrons. The molecule has 1 saturated carbocycles. The van der Waals surface area contributed by atoms with Crippen molar-refractivity contribution in [3.63, 3.8) is 0 Å². The molecule has 1 aromatic heterocycles. The van der Waals surface area contributed by atoms with Gasteiger partial charge in [-0.1, -0.05) is 32.0 Å². The van der Waals surface area contributed by atoms with E-state index >= 15 is 0 Å². The molecule has 8 heteroatoms. The highest BCUT2D eigenvalue weighted by molar-refractivity contribution is 5.95. The molecule has 202 valence electrons. The van der Waals surface area contributed by atoms with Gasteiger partial charge >= 0.3 is 0 Å². The monoisotopic (exact) mass is 518 g/mol. The summed E-state index contributed by atoms with van der Waals surface area (Å²) in [5.41, 5.74) is 4.68. The van der Waals surface area contributed by atoms with Crippen molar-refractivity contribution in [2.24, 2.45) is 0 Å². The van der Waals surface area contributed by atoms with Crippen LogP contribution in [-0.2, 0) is 11.2 Å². The number of para-hydroxylation sites is 1. The van der Waals surface area contributed by atoms with Crippen molar-refractivity contribution in [2.45, 2.75) is 76.9 Å². The lowest BCUT2D eigenvalue weighted by atomic mass is 9.76. The van der Waals surface area contributed by atoms with Crippen LogP contribution in [0, 0.1) is 6.92 Å². The highest BCUT2D eigenvalue weighted by atomic mass is 16.5. The number of pyridine rings is 1. The standard InChI is InChI=1S/C30H38N4O4/c1-20(2)31-24-12-15-30(16-13-24,19-28(35)34-37)33-29(36)22-8-10-25(11-9-22)38-17-14-23-18-21(3)32-27-7-5-4-6-26(23)27/h4-11,18,20,24,31,37H,12-17,19H2,1-3H3,(H,33,36)(H,34,35)/t24-,30+. The summed E-state index contributed by atoms with van der Waals surface area (Å²) in [6, 6.07) is 18.0. The largest absolute Gasteiger partial charge is 0.493 e. The predicted octanol–water partition coefficient (Wildman–Crippen LogP) is 4.47. The molecule has 4 rings (SSSR count). The Morgan fingerprint density at radius 2 is 1.82 bits per heavy atom. The lowest BCUT2D eigenvalue weighted by Gasteiger charge is -2.41. The molecule has 2 amide bonds. The summed E-state index contributed by atoms with van der Waals surface area (Å²) < 4.78 is 5.97. The minimum absolute atomic E-state index is 0.0357. The molecule has 0 saturated heterocycles. The minimum Gasteiger partial charge on any atom is -0.493 e. The average molecular weight is 519 g/mol. The molecule has 38 heavy (non-hydrogen) atoms. The number of hydroxylamine groups is 1. The van der Waals surface area contributed by atoms with Crippen LogP contribution in [0.1, 0.15) is 67.6 Å². The van der Waals surface area contributed by atoms with Gasteiger partial charge in [0.25, 0.3) is 5.91 Å². The van der Waals surface area contributed by atoms with Gasteiger partial charge in [0.1, 0.15) is 5.75 Å². The van der Waals surface area contributed by atoms with Crippen molar-refractivity contribution in [3.8, 4) is 5.75 Å². The van der Waals surface area contributed by atoms with Gasteiger partial charge in [-0.3, -0.25) is 19.8 Å². The van der Waals surface area contributed by atoms with E-state index in [1.807, 2.05) is 25.1 Å². The van der Waals surface area contributed by atoms with E-state index in [9.17, 15) is 9.59 Å². The van der Waals surface area contributed by atoms with Crippen LogP contribution in [0.2, 0.25) is 0 Å². The van der Waals surface area contributed by atoms with E-state index in [0.29, 0.717) is 42.8 Å². The average Bonchev–Trinajstić information content (AvgIpc) is 2.90. The summed E-state index contributed by atoms with van der Waals surface area (Å²) >= 11 is 0. The first kappa shape index (κ1) is 27.5. The van der Waals surface area contributed by atoms with Gasteiger partial charge in [-0.15, -0.1) is 0 Å². The number of hydrogen-bond acceptors (Lipinski definition) is 6. The topological polar surface area (TPSA) is 113 Å². The maximum atomic E-state index is 13.1. The van der Waals surface area contributed by atoms with E-state index < -0.39 is 11.4 Å². The number of nitrogens with one attached hydrogen (secondary N) is 3. The number of fused-ring (bicyclic) bond motifs is 1. The molecular formula is C30H38N4O4. The third-order valence-corrected chi connectivity index (χ3v) is 7.20. The number of carbonyl (C=O) groups is 2. The van der Waals surface area contributed by atoms with E-state index in [0.717, 1.165) is 35.9 Å². The van der Waals surface area contributed by atoms with Crippen molar-refractivity contribution < 1.29 is 19.5 Å². The summed E-state index contributed by atoms with van der Waals surface area (Å²) in [5, 5.41) is 16.9. The van der Waals surface area contributed by atoms with Gasteiger partial charge in [-0.25, -0.2) is 5.48 Å². The third-order valence-electron chi connectivity index (χ3n) is 7.20. The molecule has 4 N–H and O–H groups in total. The van der Waals surface area contributed by atoms with E-state index in [2.05, 4.69) is 41.6 Å². The molecule has 3 aromatic rings. The molecule has 1 aliphatic rings. The van der Waals surface area contributed by atoms with Gasteiger partial charge in [-0.2, -0.15) is 0 Å². The van der Waals surface area contributed by atoms with Gasteiger partial charge in [0.05, 0.1) is 18.5 Å². The number of benzene rings is 2. The van der Waals surface area contributed by atoms with Crippen LogP contribution >= 0.6 is 0 Å². The molecule has 1 aliphatic carbocycles. The Kier molecular flexibility index (Phi) is 8.97. The van der Waals surface area contributed by atoms with Crippen LogP contribution in [0.5, 0.6) is 5.75 Å². The molecule has 0 spiro atoms. The Morgan fingerprint density at radius 3 is 2.50 bits per heavy atom. The Labute approximate surface area is 224 Å². The number of rotatable bonds is 10. The molecule has 0 unspecified atom stereocenters. The zero-order valence-electron chi connectivity index (χ0n) is 22.4. The molecule has 2 aromatic carbocycles. The van der Waals surface area contributed by atoms with Crippen molar-refractivity contribution in [2.75, 3.05) is 6.61 Å². The van der Waals surface area contributed by atoms with Crippen molar-refractivity contribution in [1.82, 2.24) is 21.1 Å². The van der Waals surface area contributed by atoms with Crippen molar-refractivity contribution >= 4 is 22.7 Å². The number of aryl methyl sites for hydroxylation is 1. The minimum atomic E-state index is -0.695. The Balaban J connectivity index is 1.36. The van der Waals surface area contributed by atoms with Gasteiger partial charge in [0, 0.05) is 40.7 Å². The lowest BCUT2D eigenvalue weighted by Crippen LogP contribution is -2.55. The normalized spacial score (nSPS) is 19.3. The van der Waals surface area contributed by atoms with Crippen LogP contribution in [0.15, 0.2) is 54.6 Å². The number of ether oxygens (including phenoxy) is 1. The highest BCUT2D eigenvalue weighted by Gasteiger charge is 2.38. The molecule has 0 aliphatic heterocycles. The molecule has 1 heterocycles. The van der Waals surface area contributed by atoms with Gasteiger partial charge in [0.15, 0.2) is 0 Å². The maximum Gasteiger partial charge on any atom is 0.251 e. The van der Waals surface area contributed by atoms with Crippen molar-refractivity contribution in [3.05, 3.63) is 71.4 Å². The Hall–Kier alpha value is -3.49. The quantitative estimate of drug-likeness (QED) is 0.233. The lowest BCUT2D eigenvalue weighted by molar-refractivity contribution is -0.131. The number of nitrogens with zero attached hydrogens (tertiary/aromatic N) is 1. The first-order valence-corrected chi connectivity index (χ1v) is 13.4. The third kappa shape index (κ3) is 7.08. The molecule has 1 fully saturated rings. The summed E-state index contributed by atoms with van der Waals surface area (Å²) in [6.07, 6.45) is 3.77. The van der Waals surface area contributed by atoms with Crippen LogP contribution < -0.4 is 20.9 Å². The molecular weight excluding hydrogens is 480 g/mol. The second kappa shape index (κ2) is 12.4. The number of amides is 2. The second-order valence-corrected chi connectivity index (χ2v) is 10.6. The molecule has 0 bridgehead atoms. The fourth-order valence-electron chi connectivity index (χ4n) is 5.40. The number of aromatic nitrogens is 1. The number of hydrogen-bond donors (Lipinski definition) is 4. The smallest absolute Gasteiger partial charge is 0.251 e. The van der Waals surface area contributed by atoms with Crippen molar-refractivity contribution in [1.29, 1.82) is 0 Å². The Bertz CT molecular complexity index is 1250. The van der Waals surface area contributed by atoms with Crippen LogP contribution in [0.4, 0.5) is 0 Å². The van der Waals surface area contributed by atoms with Gasteiger partial charge in [0.2, 0.25) is 5.91 Å². The van der Waals surface area contributed by atoms with E-state index in [-0.39, 0.29) is 12.3 Å². The van der Waals surface area contributed by atoms with Gasteiger partial charge < -0.3 is 15.4 Å². The summed E-state index contributed by atoms with van der Waals surface area (Å²) in [6.45, 7) is 6.72. The predicted molar refractivity (Wildman–Crippen MR) is 147 cm³/mol. The Morgan fingerprint density at radius 1 is 1.11 bits per heavy atom. The second-order valence-electron chi connectivity index (χ2n) is 10.6. The highest BCUT2D eigenvalue weighted by Crippen LogP contribution is 2.32. The molecule has 0 atom stereocenters. The summed E-state index contributed by atoms with van der Waals surface area (Å²) in [5.74, 6) is -0.0518. The van der Waals surface area contributed by atoms with Gasteiger partial charge in [-0.05, 0) is 74.6 Å². The molecule has 8 nitrogen and oxygen atoms in total. The number of carbonyl (C=O) groups excluding carboxylic acids is 2. The van der Waals surface area contributed by atoms with Crippen LogP contribution in [0.25, 0.3) is 10.9 Å². The fraction of sp³-hybridized carbons (Fsp3) is 0.433. The van der Waals surface area contributed by atoms with E-state index in [1.165, 1.54) is 5.56 Å². The maximum absolute atomic E-state index is 13.1. The summed E-state index contributed by atoms with van der Waals surface area (Å²) in [7, 11) is 0. The SMILES string of the molecule is Cc1cc(CCOc2ccc(C(=O)N[C@]3(CC(=O)NO)CC[C@H](NC(C)C)CC3)cc2)c2ccccc2n1.